The van der Waals surface area contributed by atoms with Gasteiger partial charge in [0.05, 0.1) is 0 Å². The summed E-state index contributed by atoms with van der Waals surface area (Å²) in [6, 6.07) is 13.2. The second-order valence-corrected chi connectivity index (χ2v) is 8.82. The lowest BCUT2D eigenvalue weighted by molar-refractivity contribution is -0.138. The second-order valence-electron chi connectivity index (χ2n) is 8.39. The van der Waals surface area contributed by atoms with Gasteiger partial charge in [-0.2, -0.15) is 0 Å². The molecule has 2 aromatic carbocycles. The van der Waals surface area contributed by atoms with Crippen molar-refractivity contribution in [2.75, 3.05) is 10.6 Å². The SMILES string of the molecule is Cc1ccc(Cl)cc1Nc1nnc(C(=O)Nc2ccc([C@H]3CC[C@H](CC(=O)O)CC3)cc2)o1. The number of aliphatic carboxylic acids is 1. The molecule has 1 aromatic heterocycles. The lowest BCUT2D eigenvalue weighted by atomic mass is 9.77. The van der Waals surface area contributed by atoms with Crippen LogP contribution in [0.1, 0.15) is 59.8 Å². The van der Waals surface area contributed by atoms with Gasteiger partial charge in [0.25, 0.3) is 0 Å². The van der Waals surface area contributed by atoms with Crippen molar-refractivity contribution in [3.63, 3.8) is 0 Å². The summed E-state index contributed by atoms with van der Waals surface area (Å²) in [4.78, 5) is 23.4. The molecule has 172 valence electrons. The van der Waals surface area contributed by atoms with Crippen LogP contribution in [0.5, 0.6) is 0 Å². The third-order valence-corrected chi connectivity index (χ3v) is 6.25. The van der Waals surface area contributed by atoms with Crippen molar-refractivity contribution in [2.45, 2.75) is 44.9 Å². The molecule has 4 rings (SSSR count). The minimum absolute atomic E-state index is 0.0966. The number of benzene rings is 2. The van der Waals surface area contributed by atoms with Gasteiger partial charge < -0.3 is 20.2 Å². The Hall–Kier alpha value is -3.39. The number of carbonyl (C=O) groups excluding carboxylic acids is 1. The molecule has 0 aliphatic heterocycles. The van der Waals surface area contributed by atoms with Gasteiger partial charge in [-0.3, -0.25) is 9.59 Å². The molecule has 33 heavy (non-hydrogen) atoms. The number of hydrogen-bond donors (Lipinski definition) is 3. The number of halogens is 1. The summed E-state index contributed by atoms with van der Waals surface area (Å²) in [5.74, 6) is -0.686. The van der Waals surface area contributed by atoms with E-state index in [1.165, 1.54) is 5.56 Å². The van der Waals surface area contributed by atoms with E-state index in [1.807, 2.05) is 37.3 Å². The number of carboxylic acids is 1. The molecule has 0 spiro atoms. The number of nitrogens with one attached hydrogen (secondary N) is 2. The lowest BCUT2D eigenvalue weighted by Gasteiger charge is -2.28. The van der Waals surface area contributed by atoms with Crippen molar-refractivity contribution >= 4 is 40.9 Å². The normalized spacial score (nSPS) is 18.0. The summed E-state index contributed by atoms with van der Waals surface area (Å²) < 4.78 is 5.44. The van der Waals surface area contributed by atoms with Crippen LogP contribution in [0.4, 0.5) is 17.4 Å². The number of carboxylic acid groups (broad SMARTS) is 1. The van der Waals surface area contributed by atoms with Gasteiger partial charge in [0.1, 0.15) is 0 Å². The fourth-order valence-corrected chi connectivity index (χ4v) is 4.35. The average Bonchev–Trinajstić information content (AvgIpc) is 3.26. The zero-order chi connectivity index (χ0) is 23.4. The van der Waals surface area contributed by atoms with E-state index in [2.05, 4.69) is 20.8 Å². The number of aromatic nitrogens is 2. The van der Waals surface area contributed by atoms with Crippen LogP contribution in [0.25, 0.3) is 0 Å². The van der Waals surface area contributed by atoms with Crippen LogP contribution in [-0.2, 0) is 4.79 Å². The smallest absolute Gasteiger partial charge is 0.320 e. The molecule has 1 amide bonds. The molecule has 0 saturated heterocycles. The van der Waals surface area contributed by atoms with Gasteiger partial charge in [-0.05, 0) is 79.8 Å². The second kappa shape index (κ2) is 10.0. The lowest BCUT2D eigenvalue weighted by Crippen LogP contribution is -2.16. The molecule has 3 N–H and O–H groups in total. The van der Waals surface area contributed by atoms with Crippen LogP contribution in [-0.4, -0.2) is 27.2 Å². The molecule has 1 saturated carbocycles. The first kappa shape index (κ1) is 22.8. The third-order valence-electron chi connectivity index (χ3n) is 6.01. The van der Waals surface area contributed by atoms with Crippen molar-refractivity contribution in [3.05, 3.63) is 64.5 Å². The standard InChI is InChI=1S/C24H25ClN4O4/c1-14-2-9-18(25)13-20(14)27-24-29-28-23(33-24)22(32)26-19-10-7-17(8-11-19)16-5-3-15(4-6-16)12-21(30)31/h2,7-11,13,15-16H,3-6,12H2,1H3,(H,26,32)(H,27,29)(H,30,31)/t15-,16-. The molecule has 8 nitrogen and oxygen atoms in total. The highest BCUT2D eigenvalue weighted by Gasteiger charge is 2.24. The van der Waals surface area contributed by atoms with Gasteiger partial charge in [0, 0.05) is 22.8 Å². The Kier molecular flexibility index (Phi) is 6.93. The highest BCUT2D eigenvalue weighted by atomic mass is 35.5. The van der Waals surface area contributed by atoms with Gasteiger partial charge >= 0.3 is 23.8 Å². The van der Waals surface area contributed by atoms with E-state index in [-0.39, 0.29) is 24.2 Å². The van der Waals surface area contributed by atoms with E-state index >= 15 is 0 Å². The number of carbonyl (C=O) groups is 2. The van der Waals surface area contributed by atoms with Crippen LogP contribution < -0.4 is 10.6 Å². The predicted octanol–water partition coefficient (Wildman–Crippen LogP) is 5.78. The highest BCUT2D eigenvalue weighted by Crippen LogP contribution is 2.37. The zero-order valence-corrected chi connectivity index (χ0v) is 18.9. The highest BCUT2D eigenvalue weighted by molar-refractivity contribution is 6.30. The van der Waals surface area contributed by atoms with Gasteiger partial charge in [-0.15, -0.1) is 5.10 Å². The number of aryl methyl sites for hydroxylation is 1. The summed E-state index contributed by atoms with van der Waals surface area (Å²) >= 11 is 6.02. The number of rotatable bonds is 7. The van der Waals surface area contributed by atoms with Crippen molar-refractivity contribution in [2.24, 2.45) is 5.92 Å². The Balaban J connectivity index is 1.33. The summed E-state index contributed by atoms with van der Waals surface area (Å²) in [6.45, 7) is 1.91. The number of amides is 1. The summed E-state index contributed by atoms with van der Waals surface area (Å²) in [5, 5.41) is 23.0. The van der Waals surface area contributed by atoms with E-state index in [1.54, 1.807) is 12.1 Å². The molecule has 0 unspecified atom stereocenters. The topological polar surface area (TPSA) is 117 Å². The number of nitrogens with zero attached hydrogens (tertiary/aromatic N) is 2. The first-order chi connectivity index (χ1) is 15.9. The Morgan fingerprint density at radius 1 is 1.09 bits per heavy atom. The third kappa shape index (κ3) is 5.90. The fourth-order valence-electron chi connectivity index (χ4n) is 4.18. The predicted molar refractivity (Wildman–Crippen MR) is 125 cm³/mol. The molecule has 1 heterocycles. The van der Waals surface area contributed by atoms with Crippen LogP contribution in [0.15, 0.2) is 46.9 Å². The average molecular weight is 469 g/mol. The quantitative estimate of drug-likeness (QED) is 0.402. The van der Waals surface area contributed by atoms with E-state index in [0.717, 1.165) is 31.2 Å². The van der Waals surface area contributed by atoms with Crippen molar-refractivity contribution < 1.29 is 19.1 Å². The zero-order valence-electron chi connectivity index (χ0n) is 18.2. The molecule has 0 radical (unpaired) electrons. The molecule has 0 atom stereocenters. The maximum atomic E-state index is 12.5. The first-order valence-electron chi connectivity index (χ1n) is 10.9. The first-order valence-corrected chi connectivity index (χ1v) is 11.2. The van der Waals surface area contributed by atoms with Gasteiger partial charge in [-0.25, -0.2) is 0 Å². The molecule has 9 heteroatoms. The van der Waals surface area contributed by atoms with Gasteiger partial charge in [0.2, 0.25) is 0 Å². The Labute approximate surface area is 196 Å². The van der Waals surface area contributed by atoms with Gasteiger partial charge in [-0.1, -0.05) is 34.9 Å². The molecular formula is C24H25ClN4O4. The van der Waals surface area contributed by atoms with Crippen LogP contribution in [0.2, 0.25) is 5.02 Å². The molecule has 1 fully saturated rings. The number of anilines is 3. The van der Waals surface area contributed by atoms with Crippen molar-refractivity contribution in [1.82, 2.24) is 10.2 Å². The Morgan fingerprint density at radius 3 is 2.52 bits per heavy atom. The summed E-state index contributed by atoms with van der Waals surface area (Å²) in [7, 11) is 0. The van der Waals surface area contributed by atoms with Crippen LogP contribution in [0.3, 0.4) is 0 Å². The van der Waals surface area contributed by atoms with E-state index in [0.29, 0.717) is 22.3 Å². The van der Waals surface area contributed by atoms with Crippen molar-refractivity contribution in [1.29, 1.82) is 0 Å². The fraction of sp³-hybridized carbons (Fsp3) is 0.333. The summed E-state index contributed by atoms with van der Waals surface area (Å²) in [5.41, 5.74) is 3.48. The summed E-state index contributed by atoms with van der Waals surface area (Å²) in [6.07, 6.45) is 4.07. The van der Waals surface area contributed by atoms with E-state index in [4.69, 9.17) is 21.1 Å². The van der Waals surface area contributed by atoms with E-state index in [9.17, 15) is 9.59 Å². The monoisotopic (exact) mass is 468 g/mol. The molecular weight excluding hydrogens is 444 g/mol. The van der Waals surface area contributed by atoms with Crippen LogP contribution >= 0.6 is 11.6 Å². The molecule has 1 aliphatic rings. The minimum atomic E-state index is -0.720. The van der Waals surface area contributed by atoms with Crippen LogP contribution in [0, 0.1) is 12.8 Å². The molecule has 3 aromatic rings. The van der Waals surface area contributed by atoms with Gasteiger partial charge in [0.15, 0.2) is 0 Å². The number of hydrogen-bond acceptors (Lipinski definition) is 6. The maximum Gasteiger partial charge on any atom is 0.320 e. The van der Waals surface area contributed by atoms with E-state index < -0.39 is 11.9 Å². The Bertz CT molecular complexity index is 1140. The molecule has 1 aliphatic carbocycles. The molecule has 0 bridgehead atoms. The largest absolute Gasteiger partial charge is 0.481 e. The Morgan fingerprint density at radius 2 is 1.82 bits per heavy atom. The maximum absolute atomic E-state index is 12.5. The van der Waals surface area contributed by atoms with Crippen molar-refractivity contribution in [3.8, 4) is 0 Å². The minimum Gasteiger partial charge on any atom is -0.481 e.